The van der Waals surface area contributed by atoms with Crippen LogP contribution in [0.4, 0.5) is 0 Å². The van der Waals surface area contributed by atoms with E-state index in [-0.39, 0.29) is 0 Å². The molecule has 1 atom stereocenters. The highest BCUT2D eigenvalue weighted by molar-refractivity contribution is 5.90. The van der Waals surface area contributed by atoms with Gasteiger partial charge >= 0.3 is 5.97 Å². The number of aromatic carboxylic acids is 1. The van der Waals surface area contributed by atoms with E-state index >= 15 is 0 Å². The summed E-state index contributed by atoms with van der Waals surface area (Å²) in [5.41, 5.74) is 2.61. The van der Waals surface area contributed by atoms with Gasteiger partial charge in [0.25, 0.3) is 0 Å². The smallest absolute Gasteiger partial charge is 0.336 e. The predicted octanol–water partition coefficient (Wildman–Crippen LogP) is 2.41. The van der Waals surface area contributed by atoms with E-state index in [1.54, 1.807) is 6.07 Å². The van der Waals surface area contributed by atoms with Crippen LogP contribution in [0.15, 0.2) is 18.2 Å². The number of carboxylic acid groups (broad SMARTS) is 1. The van der Waals surface area contributed by atoms with Crippen molar-refractivity contribution < 1.29 is 9.90 Å². The van der Waals surface area contributed by atoms with Crippen LogP contribution in [0.5, 0.6) is 0 Å². The van der Waals surface area contributed by atoms with Crippen LogP contribution >= 0.6 is 0 Å². The minimum absolute atomic E-state index is 0.311. The van der Waals surface area contributed by atoms with Crippen LogP contribution in [0.2, 0.25) is 0 Å². The summed E-state index contributed by atoms with van der Waals surface area (Å²) in [6, 6.07) is 5.95. The van der Waals surface area contributed by atoms with Crippen molar-refractivity contribution in [1.29, 1.82) is 0 Å². The summed E-state index contributed by atoms with van der Waals surface area (Å²) in [5.74, 6) is -0.819. The maximum absolute atomic E-state index is 11.2. The van der Waals surface area contributed by atoms with Gasteiger partial charge in [0.05, 0.1) is 5.56 Å². The molecule has 0 saturated carbocycles. The third-order valence-corrected chi connectivity index (χ3v) is 4.53. The molecule has 0 bridgehead atoms. The predicted molar refractivity (Wildman–Crippen MR) is 77.9 cm³/mol. The van der Waals surface area contributed by atoms with Gasteiger partial charge < -0.3 is 15.3 Å². The Kier molecular flexibility index (Phi) is 4.03. The van der Waals surface area contributed by atoms with Crippen LogP contribution in [-0.2, 0) is 6.54 Å². The van der Waals surface area contributed by atoms with Gasteiger partial charge in [-0.2, -0.15) is 0 Å². The van der Waals surface area contributed by atoms with Crippen LogP contribution < -0.4 is 5.32 Å². The lowest BCUT2D eigenvalue weighted by atomic mass is 9.98. The van der Waals surface area contributed by atoms with Crippen molar-refractivity contribution in [2.45, 2.75) is 38.3 Å². The Bertz CT molecular complexity index is 495. The Morgan fingerprint density at radius 2 is 2.10 bits per heavy atom. The van der Waals surface area contributed by atoms with Gasteiger partial charge in [0.2, 0.25) is 0 Å². The van der Waals surface area contributed by atoms with Crippen molar-refractivity contribution in [2.24, 2.45) is 0 Å². The van der Waals surface area contributed by atoms with E-state index in [1.165, 1.54) is 37.9 Å². The standard InChI is InChI=1S/C16H22N2O2/c19-16(20)13-6-4-5-12-14(13)11-17-15(12)7-10-18-8-2-1-3-9-18/h4-6,15,17H,1-3,7-11H2,(H,19,20). The van der Waals surface area contributed by atoms with Crippen molar-refractivity contribution in [3.8, 4) is 0 Å². The fourth-order valence-electron chi connectivity index (χ4n) is 3.42. The van der Waals surface area contributed by atoms with Crippen molar-refractivity contribution in [1.82, 2.24) is 10.2 Å². The number of likely N-dealkylation sites (tertiary alicyclic amines) is 1. The Morgan fingerprint density at radius 3 is 2.85 bits per heavy atom. The molecule has 1 aromatic carbocycles. The molecule has 2 N–H and O–H groups in total. The second-order valence-corrected chi connectivity index (χ2v) is 5.80. The van der Waals surface area contributed by atoms with Gasteiger partial charge in [0.1, 0.15) is 0 Å². The molecule has 0 spiro atoms. The Morgan fingerprint density at radius 1 is 1.30 bits per heavy atom. The van der Waals surface area contributed by atoms with Crippen LogP contribution in [0.3, 0.4) is 0 Å². The topological polar surface area (TPSA) is 52.6 Å². The summed E-state index contributed by atoms with van der Waals surface area (Å²) in [6.45, 7) is 4.22. The lowest BCUT2D eigenvalue weighted by molar-refractivity contribution is 0.0695. The van der Waals surface area contributed by atoms with Crippen LogP contribution in [0, 0.1) is 0 Å². The Labute approximate surface area is 119 Å². The van der Waals surface area contributed by atoms with Crippen LogP contribution in [-0.4, -0.2) is 35.6 Å². The molecule has 2 aliphatic heterocycles. The normalized spacial score (nSPS) is 22.7. The maximum Gasteiger partial charge on any atom is 0.336 e. The molecule has 1 fully saturated rings. The fraction of sp³-hybridized carbons (Fsp3) is 0.562. The SMILES string of the molecule is O=C(O)c1cccc2c1CNC2CCN1CCCCC1. The Hall–Kier alpha value is -1.39. The van der Waals surface area contributed by atoms with E-state index in [2.05, 4.69) is 16.3 Å². The minimum Gasteiger partial charge on any atom is -0.478 e. The highest BCUT2D eigenvalue weighted by atomic mass is 16.4. The highest BCUT2D eigenvalue weighted by Gasteiger charge is 2.26. The monoisotopic (exact) mass is 274 g/mol. The number of rotatable bonds is 4. The van der Waals surface area contributed by atoms with Gasteiger partial charge in [-0.25, -0.2) is 4.79 Å². The average molecular weight is 274 g/mol. The molecule has 0 aromatic heterocycles. The van der Waals surface area contributed by atoms with Crippen molar-refractivity contribution in [3.63, 3.8) is 0 Å². The van der Waals surface area contributed by atoms with E-state index in [0.717, 1.165) is 18.5 Å². The first-order valence-corrected chi connectivity index (χ1v) is 7.56. The van der Waals surface area contributed by atoms with Gasteiger partial charge in [-0.15, -0.1) is 0 Å². The van der Waals surface area contributed by atoms with Gasteiger partial charge in [-0.1, -0.05) is 18.6 Å². The van der Waals surface area contributed by atoms with Crippen LogP contribution in [0.25, 0.3) is 0 Å². The van der Waals surface area contributed by atoms with E-state index in [9.17, 15) is 9.90 Å². The first-order chi connectivity index (χ1) is 9.75. The van der Waals surface area contributed by atoms with Crippen molar-refractivity contribution in [3.05, 3.63) is 34.9 Å². The molecule has 3 rings (SSSR count). The number of carbonyl (C=O) groups is 1. The molecule has 2 aliphatic rings. The first kappa shape index (κ1) is 13.6. The number of carboxylic acids is 1. The summed E-state index contributed by atoms with van der Waals surface area (Å²) in [5, 5.41) is 12.7. The summed E-state index contributed by atoms with van der Waals surface area (Å²) in [7, 11) is 0. The molecule has 0 aliphatic carbocycles. The molecule has 108 valence electrons. The molecule has 1 saturated heterocycles. The van der Waals surface area contributed by atoms with Crippen molar-refractivity contribution in [2.75, 3.05) is 19.6 Å². The molecule has 0 amide bonds. The highest BCUT2D eigenvalue weighted by Crippen LogP contribution is 2.30. The number of fused-ring (bicyclic) bond motifs is 1. The molecule has 20 heavy (non-hydrogen) atoms. The minimum atomic E-state index is -0.819. The molecule has 1 aromatic rings. The summed E-state index contributed by atoms with van der Waals surface area (Å²) >= 11 is 0. The fourth-order valence-corrected chi connectivity index (χ4v) is 3.42. The third-order valence-electron chi connectivity index (χ3n) is 4.53. The number of nitrogens with zero attached hydrogens (tertiary/aromatic N) is 1. The second kappa shape index (κ2) is 5.94. The van der Waals surface area contributed by atoms with Crippen molar-refractivity contribution >= 4 is 5.97 Å². The Balaban J connectivity index is 1.66. The lowest BCUT2D eigenvalue weighted by Gasteiger charge is -2.27. The number of hydrogen-bond acceptors (Lipinski definition) is 3. The zero-order valence-electron chi connectivity index (χ0n) is 11.8. The van der Waals surface area contributed by atoms with E-state index in [1.807, 2.05) is 6.07 Å². The van der Waals surface area contributed by atoms with Gasteiger partial charge in [0, 0.05) is 12.6 Å². The summed E-state index contributed by atoms with van der Waals surface area (Å²) < 4.78 is 0. The van der Waals surface area contributed by atoms with Gasteiger partial charge in [-0.05, 0) is 56.1 Å². The molecule has 4 heteroatoms. The lowest BCUT2D eigenvalue weighted by Crippen LogP contribution is -2.32. The average Bonchev–Trinajstić information content (AvgIpc) is 2.89. The molecular weight excluding hydrogens is 252 g/mol. The quantitative estimate of drug-likeness (QED) is 0.885. The maximum atomic E-state index is 11.2. The first-order valence-electron chi connectivity index (χ1n) is 7.56. The summed E-state index contributed by atoms with van der Waals surface area (Å²) in [6.07, 6.45) is 5.06. The number of nitrogens with one attached hydrogen (secondary N) is 1. The van der Waals surface area contributed by atoms with E-state index in [0.29, 0.717) is 18.2 Å². The zero-order chi connectivity index (χ0) is 13.9. The zero-order valence-corrected chi connectivity index (χ0v) is 11.8. The molecular formula is C16H22N2O2. The number of benzene rings is 1. The summed E-state index contributed by atoms with van der Waals surface area (Å²) in [4.78, 5) is 13.8. The largest absolute Gasteiger partial charge is 0.478 e. The molecule has 1 unspecified atom stereocenters. The number of hydrogen-bond donors (Lipinski definition) is 2. The number of piperidine rings is 1. The van der Waals surface area contributed by atoms with E-state index in [4.69, 9.17) is 0 Å². The van der Waals surface area contributed by atoms with Crippen LogP contribution in [0.1, 0.15) is 53.2 Å². The van der Waals surface area contributed by atoms with E-state index < -0.39 is 5.97 Å². The molecule has 0 radical (unpaired) electrons. The second-order valence-electron chi connectivity index (χ2n) is 5.80. The molecule has 2 heterocycles. The van der Waals surface area contributed by atoms with Gasteiger partial charge in [-0.3, -0.25) is 0 Å². The van der Waals surface area contributed by atoms with Gasteiger partial charge in [0.15, 0.2) is 0 Å². The molecule has 4 nitrogen and oxygen atoms in total. The third kappa shape index (κ3) is 2.72.